The summed E-state index contributed by atoms with van der Waals surface area (Å²) in [6.07, 6.45) is 0. The van der Waals surface area contributed by atoms with Crippen LogP contribution in [-0.2, 0) is 10.0 Å². The first-order valence-corrected chi connectivity index (χ1v) is 6.25. The molecule has 0 unspecified atom stereocenters. The van der Waals surface area contributed by atoms with E-state index in [2.05, 4.69) is 0 Å². The summed E-state index contributed by atoms with van der Waals surface area (Å²) < 4.78 is 24.3. The number of hydrogen-bond acceptors (Lipinski definition) is 3. The molecule has 0 saturated carbocycles. The van der Waals surface area contributed by atoms with Crippen LogP contribution in [0.15, 0.2) is 0 Å². The maximum absolute atomic E-state index is 11.9. The molecule has 0 heterocycles. The van der Waals surface area contributed by atoms with Gasteiger partial charge in [0.05, 0.1) is 16.3 Å². The van der Waals surface area contributed by atoms with Crippen molar-refractivity contribution in [2.45, 2.75) is 32.4 Å². The molecule has 84 valence electrons. The Morgan fingerprint density at radius 3 is 2.07 bits per heavy atom. The van der Waals surface area contributed by atoms with E-state index in [-0.39, 0.29) is 11.5 Å². The third-order valence-corrected chi connectivity index (χ3v) is 4.54. The minimum atomic E-state index is -3.32. The molecular formula is C8H18N2O2S2. The second-order valence-electron chi connectivity index (χ2n) is 4.01. The minimum absolute atomic E-state index is 0.117. The Balaban J connectivity index is 4.95. The van der Waals surface area contributed by atoms with Gasteiger partial charge in [-0.05, 0) is 20.8 Å². The van der Waals surface area contributed by atoms with Crippen LogP contribution in [0.4, 0.5) is 0 Å². The van der Waals surface area contributed by atoms with Gasteiger partial charge in [-0.2, -0.15) is 4.31 Å². The van der Waals surface area contributed by atoms with E-state index in [4.69, 9.17) is 18.0 Å². The van der Waals surface area contributed by atoms with Crippen molar-refractivity contribution in [2.75, 3.05) is 13.1 Å². The summed E-state index contributed by atoms with van der Waals surface area (Å²) in [7, 11) is -3.32. The fraction of sp³-hybridized carbons (Fsp3) is 0.875. The first-order chi connectivity index (χ1) is 6.13. The molecule has 0 aliphatic rings. The van der Waals surface area contributed by atoms with E-state index in [1.807, 2.05) is 0 Å². The van der Waals surface area contributed by atoms with Crippen LogP contribution in [0.5, 0.6) is 0 Å². The van der Waals surface area contributed by atoms with E-state index in [1.54, 1.807) is 27.7 Å². The Morgan fingerprint density at radius 1 is 1.43 bits per heavy atom. The van der Waals surface area contributed by atoms with Crippen molar-refractivity contribution in [3.05, 3.63) is 0 Å². The quantitative estimate of drug-likeness (QED) is 0.733. The molecule has 0 bridgehead atoms. The van der Waals surface area contributed by atoms with E-state index in [0.717, 1.165) is 0 Å². The summed E-state index contributed by atoms with van der Waals surface area (Å²) in [5.41, 5.74) is 5.33. The summed E-state index contributed by atoms with van der Waals surface area (Å²) in [6.45, 7) is 7.24. The Hall–Kier alpha value is -0.200. The molecule has 0 amide bonds. The van der Waals surface area contributed by atoms with Crippen molar-refractivity contribution in [2.24, 2.45) is 5.73 Å². The number of sulfonamides is 1. The predicted molar refractivity (Wildman–Crippen MR) is 62.7 cm³/mol. The first-order valence-electron chi connectivity index (χ1n) is 4.41. The van der Waals surface area contributed by atoms with Crippen LogP contribution in [0, 0.1) is 0 Å². The third kappa shape index (κ3) is 3.18. The summed E-state index contributed by atoms with van der Waals surface area (Å²) in [5, 5.41) is 0. The van der Waals surface area contributed by atoms with Crippen molar-refractivity contribution < 1.29 is 8.42 Å². The fourth-order valence-corrected chi connectivity index (χ4v) is 2.59. The van der Waals surface area contributed by atoms with Gasteiger partial charge in [0, 0.05) is 6.54 Å². The predicted octanol–water partition coefficient (Wildman–Crippen LogP) is 0.723. The molecule has 0 aliphatic carbocycles. The van der Waals surface area contributed by atoms with E-state index in [1.165, 1.54) is 4.31 Å². The number of rotatable bonds is 4. The molecule has 0 aliphatic heterocycles. The zero-order chi connectivity index (χ0) is 11.6. The Morgan fingerprint density at radius 2 is 1.86 bits per heavy atom. The van der Waals surface area contributed by atoms with Crippen molar-refractivity contribution in [1.29, 1.82) is 0 Å². The zero-order valence-corrected chi connectivity index (χ0v) is 10.7. The molecule has 4 nitrogen and oxygen atoms in total. The van der Waals surface area contributed by atoms with Crippen LogP contribution < -0.4 is 5.73 Å². The van der Waals surface area contributed by atoms with Gasteiger partial charge >= 0.3 is 0 Å². The van der Waals surface area contributed by atoms with E-state index < -0.39 is 14.8 Å². The van der Waals surface area contributed by atoms with Gasteiger partial charge in [0.15, 0.2) is 0 Å². The van der Waals surface area contributed by atoms with Crippen LogP contribution in [-0.4, -0.2) is 35.5 Å². The van der Waals surface area contributed by atoms with Gasteiger partial charge in [0.2, 0.25) is 10.0 Å². The minimum Gasteiger partial charge on any atom is -0.392 e. The van der Waals surface area contributed by atoms with Gasteiger partial charge in [-0.25, -0.2) is 8.42 Å². The molecule has 0 aromatic rings. The normalized spacial score (nSPS) is 13.2. The lowest BCUT2D eigenvalue weighted by atomic mass is 10.3. The van der Waals surface area contributed by atoms with Crippen LogP contribution in [0.1, 0.15) is 27.7 Å². The second-order valence-corrected chi connectivity index (χ2v) is 7.23. The zero-order valence-electron chi connectivity index (χ0n) is 9.07. The molecular weight excluding hydrogens is 220 g/mol. The summed E-state index contributed by atoms with van der Waals surface area (Å²) >= 11 is 4.70. The highest BCUT2D eigenvalue weighted by Crippen LogP contribution is 2.19. The highest BCUT2D eigenvalue weighted by Gasteiger charge is 2.34. The molecule has 0 radical (unpaired) electrons. The second kappa shape index (κ2) is 4.55. The average Bonchev–Trinajstić information content (AvgIpc) is 1.97. The molecule has 2 N–H and O–H groups in total. The van der Waals surface area contributed by atoms with Crippen LogP contribution in [0.2, 0.25) is 0 Å². The van der Waals surface area contributed by atoms with Crippen LogP contribution in [0.3, 0.4) is 0 Å². The summed E-state index contributed by atoms with van der Waals surface area (Å²) in [5.74, 6) is 0. The van der Waals surface area contributed by atoms with Gasteiger partial charge in [0.1, 0.15) is 0 Å². The number of thiocarbonyl (C=S) groups is 1. The van der Waals surface area contributed by atoms with E-state index in [9.17, 15) is 8.42 Å². The van der Waals surface area contributed by atoms with Gasteiger partial charge in [-0.1, -0.05) is 19.1 Å². The van der Waals surface area contributed by atoms with E-state index >= 15 is 0 Å². The molecule has 0 fully saturated rings. The smallest absolute Gasteiger partial charge is 0.219 e. The van der Waals surface area contributed by atoms with E-state index in [0.29, 0.717) is 6.54 Å². The SMILES string of the molecule is CCN(CC(N)=S)S(=O)(=O)C(C)(C)C. The number of nitrogens with zero attached hydrogens (tertiary/aromatic N) is 1. The lowest BCUT2D eigenvalue weighted by Crippen LogP contribution is -2.45. The summed E-state index contributed by atoms with van der Waals surface area (Å²) in [6, 6.07) is 0. The summed E-state index contributed by atoms with van der Waals surface area (Å²) in [4.78, 5) is 0.194. The van der Waals surface area contributed by atoms with Crippen LogP contribution in [0.25, 0.3) is 0 Å². The lowest BCUT2D eigenvalue weighted by Gasteiger charge is -2.28. The van der Waals surface area contributed by atoms with Crippen LogP contribution >= 0.6 is 12.2 Å². The van der Waals surface area contributed by atoms with Crippen molar-refractivity contribution in [1.82, 2.24) is 4.31 Å². The van der Waals surface area contributed by atoms with Crippen molar-refractivity contribution >= 4 is 27.2 Å². The Bertz CT molecular complexity index is 304. The Kier molecular flexibility index (Phi) is 4.48. The Labute approximate surface area is 91.5 Å². The molecule has 0 atom stereocenters. The maximum Gasteiger partial charge on any atom is 0.219 e. The van der Waals surface area contributed by atoms with Crippen molar-refractivity contribution in [3.8, 4) is 0 Å². The fourth-order valence-electron chi connectivity index (χ4n) is 0.928. The molecule has 0 aromatic carbocycles. The molecule has 14 heavy (non-hydrogen) atoms. The maximum atomic E-state index is 11.9. The molecule has 0 aromatic heterocycles. The average molecular weight is 238 g/mol. The molecule has 6 heteroatoms. The first kappa shape index (κ1) is 13.8. The van der Waals surface area contributed by atoms with Gasteiger partial charge in [-0.3, -0.25) is 0 Å². The molecule has 0 spiro atoms. The number of likely N-dealkylation sites (N-methyl/N-ethyl adjacent to an activating group) is 1. The van der Waals surface area contributed by atoms with Gasteiger partial charge in [-0.15, -0.1) is 0 Å². The highest BCUT2D eigenvalue weighted by molar-refractivity contribution is 7.90. The largest absolute Gasteiger partial charge is 0.392 e. The standard InChI is InChI=1S/C8H18N2O2S2/c1-5-10(6-7(9)13)14(11,12)8(2,3)4/h5-6H2,1-4H3,(H2,9,13). The number of hydrogen-bond donors (Lipinski definition) is 1. The molecule has 0 saturated heterocycles. The van der Waals surface area contributed by atoms with Gasteiger partial charge in [0.25, 0.3) is 0 Å². The van der Waals surface area contributed by atoms with Gasteiger partial charge < -0.3 is 5.73 Å². The molecule has 0 rings (SSSR count). The highest BCUT2D eigenvalue weighted by atomic mass is 32.2. The van der Waals surface area contributed by atoms with Crippen molar-refractivity contribution in [3.63, 3.8) is 0 Å². The third-order valence-electron chi connectivity index (χ3n) is 1.80. The monoisotopic (exact) mass is 238 g/mol. The number of nitrogens with two attached hydrogens (primary N) is 1. The topological polar surface area (TPSA) is 63.4 Å². The lowest BCUT2D eigenvalue weighted by molar-refractivity contribution is 0.443.